The highest BCUT2D eigenvalue weighted by molar-refractivity contribution is 5.85. The standard InChI is InChI=1S/C19H39N3O.2ClH/c1-2-3-4-5-6-7-8-9-10-11-12-13-14-19(23)21-22-17-15-20-16-18-22;;/h20H,2-18H2,1H3,(H,21,23);2*1H. The van der Waals surface area contributed by atoms with E-state index in [0.29, 0.717) is 6.42 Å². The molecule has 25 heavy (non-hydrogen) atoms. The lowest BCUT2D eigenvalue weighted by Gasteiger charge is -2.27. The molecule has 2 N–H and O–H groups in total. The molecule has 0 aromatic rings. The topological polar surface area (TPSA) is 44.4 Å². The largest absolute Gasteiger partial charge is 0.314 e. The molecule has 1 aliphatic heterocycles. The van der Waals surface area contributed by atoms with Crippen molar-refractivity contribution in [2.24, 2.45) is 0 Å². The van der Waals surface area contributed by atoms with Gasteiger partial charge >= 0.3 is 0 Å². The third kappa shape index (κ3) is 17.2. The molecular formula is C19H41Cl2N3O. The molecule has 0 aromatic heterocycles. The SMILES string of the molecule is CCCCCCCCCCCCCCC(=O)NN1CCNCC1.Cl.Cl. The maximum atomic E-state index is 11.8. The molecule has 1 heterocycles. The lowest BCUT2D eigenvalue weighted by Crippen LogP contribution is -2.52. The van der Waals surface area contributed by atoms with Crippen molar-refractivity contribution < 1.29 is 4.79 Å². The van der Waals surface area contributed by atoms with Crippen molar-refractivity contribution in [2.75, 3.05) is 26.2 Å². The number of hydrogen-bond acceptors (Lipinski definition) is 3. The van der Waals surface area contributed by atoms with Gasteiger partial charge in [0.25, 0.3) is 0 Å². The van der Waals surface area contributed by atoms with E-state index in [9.17, 15) is 4.79 Å². The van der Waals surface area contributed by atoms with Crippen molar-refractivity contribution in [3.05, 3.63) is 0 Å². The van der Waals surface area contributed by atoms with E-state index in [1.54, 1.807) is 0 Å². The first-order chi connectivity index (χ1) is 11.3. The summed E-state index contributed by atoms with van der Waals surface area (Å²) in [7, 11) is 0. The molecule has 1 rings (SSSR count). The number of piperazine rings is 1. The molecule has 0 bridgehead atoms. The molecule has 0 atom stereocenters. The van der Waals surface area contributed by atoms with E-state index in [1.165, 1.54) is 70.6 Å². The molecule has 6 heteroatoms. The quantitative estimate of drug-likeness (QED) is 0.411. The van der Waals surface area contributed by atoms with Gasteiger partial charge in [-0.3, -0.25) is 10.2 Å². The van der Waals surface area contributed by atoms with Gasteiger partial charge in [-0.1, -0.05) is 77.6 Å². The van der Waals surface area contributed by atoms with Gasteiger partial charge in [0.15, 0.2) is 0 Å². The summed E-state index contributed by atoms with van der Waals surface area (Å²) in [4.78, 5) is 11.8. The van der Waals surface area contributed by atoms with Gasteiger partial charge in [-0.2, -0.15) is 0 Å². The first kappa shape index (κ1) is 27.2. The van der Waals surface area contributed by atoms with Crippen LogP contribution < -0.4 is 10.7 Å². The fraction of sp³-hybridized carbons (Fsp3) is 0.947. The fourth-order valence-electron chi connectivity index (χ4n) is 3.14. The van der Waals surface area contributed by atoms with Gasteiger partial charge in [-0.05, 0) is 6.42 Å². The van der Waals surface area contributed by atoms with E-state index in [1.807, 2.05) is 5.01 Å². The molecule has 0 aliphatic carbocycles. The molecule has 0 unspecified atom stereocenters. The van der Waals surface area contributed by atoms with Crippen LogP contribution in [0.4, 0.5) is 0 Å². The maximum Gasteiger partial charge on any atom is 0.234 e. The Bertz CT molecular complexity index is 288. The highest BCUT2D eigenvalue weighted by atomic mass is 35.5. The van der Waals surface area contributed by atoms with Crippen LogP contribution in [-0.2, 0) is 4.79 Å². The van der Waals surface area contributed by atoms with Gasteiger partial charge in [0, 0.05) is 32.6 Å². The Labute approximate surface area is 168 Å². The zero-order valence-corrected chi connectivity index (χ0v) is 17.8. The van der Waals surface area contributed by atoms with Crippen LogP contribution in [0.3, 0.4) is 0 Å². The molecule has 152 valence electrons. The van der Waals surface area contributed by atoms with Crippen LogP contribution in [0.1, 0.15) is 90.4 Å². The Morgan fingerprint density at radius 2 is 1.24 bits per heavy atom. The highest BCUT2D eigenvalue weighted by Gasteiger charge is 2.11. The second-order valence-electron chi connectivity index (χ2n) is 6.91. The summed E-state index contributed by atoms with van der Waals surface area (Å²) < 4.78 is 0. The minimum atomic E-state index is 0. The number of nitrogens with zero attached hydrogens (tertiary/aromatic N) is 1. The highest BCUT2D eigenvalue weighted by Crippen LogP contribution is 2.12. The van der Waals surface area contributed by atoms with Crippen LogP contribution in [0.15, 0.2) is 0 Å². The minimum absolute atomic E-state index is 0. The Morgan fingerprint density at radius 3 is 1.72 bits per heavy atom. The molecular weight excluding hydrogens is 357 g/mol. The lowest BCUT2D eigenvalue weighted by atomic mass is 10.0. The van der Waals surface area contributed by atoms with Gasteiger partial charge in [0.2, 0.25) is 5.91 Å². The van der Waals surface area contributed by atoms with Crippen LogP contribution in [0, 0.1) is 0 Å². The molecule has 1 fully saturated rings. The zero-order valence-electron chi connectivity index (χ0n) is 16.2. The molecule has 0 aromatic carbocycles. The van der Waals surface area contributed by atoms with Crippen molar-refractivity contribution in [3.63, 3.8) is 0 Å². The van der Waals surface area contributed by atoms with Gasteiger partial charge in [0.1, 0.15) is 0 Å². The number of unbranched alkanes of at least 4 members (excludes halogenated alkanes) is 11. The van der Waals surface area contributed by atoms with Crippen LogP contribution in [-0.4, -0.2) is 37.1 Å². The number of carbonyl (C=O) groups excluding carboxylic acids is 1. The molecule has 0 saturated carbocycles. The number of nitrogens with one attached hydrogen (secondary N) is 2. The summed E-state index contributed by atoms with van der Waals surface area (Å²) in [6.07, 6.45) is 16.8. The number of amides is 1. The van der Waals surface area contributed by atoms with Crippen LogP contribution >= 0.6 is 24.8 Å². The summed E-state index contributed by atoms with van der Waals surface area (Å²) >= 11 is 0. The van der Waals surface area contributed by atoms with Crippen molar-refractivity contribution in [3.8, 4) is 0 Å². The van der Waals surface area contributed by atoms with Crippen molar-refractivity contribution in [2.45, 2.75) is 90.4 Å². The Balaban J connectivity index is 0. The van der Waals surface area contributed by atoms with Crippen LogP contribution in [0.2, 0.25) is 0 Å². The average Bonchev–Trinajstić information content (AvgIpc) is 2.57. The summed E-state index contributed by atoms with van der Waals surface area (Å²) in [5.41, 5.74) is 3.01. The number of carbonyl (C=O) groups is 1. The Kier molecular flexibility index (Phi) is 22.1. The molecule has 1 saturated heterocycles. The summed E-state index contributed by atoms with van der Waals surface area (Å²) in [5.74, 6) is 0.193. The van der Waals surface area contributed by atoms with E-state index >= 15 is 0 Å². The van der Waals surface area contributed by atoms with Gasteiger partial charge in [-0.25, -0.2) is 5.01 Å². The Hall–Kier alpha value is -0.0300. The molecule has 1 aliphatic rings. The van der Waals surface area contributed by atoms with Gasteiger partial charge in [-0.15, -0.1) is 24.8 Å². The van der Waals surface area contributed by atoms with Gasteiger partial charge < -0.3 is 5.32 Å². The van der Waals surface area contributed by atoms with E-state index in [2.05, 4.69) is 17.7 Å². The van der Waals surface area contributed by atoms with E-state index in [4.69, 9.17) is 0 Å². The van der Waals surface area contributed by atoms with Gasteiger partial charge in [0.05, 0.1) is 0 Å². The maximum absolute atomic E-state index is 11.8. The van der Waals surface area contributed by atoms with Crippen molar-refractivity contribution in [1.29, 1.82) is 0 Å². The van der Waals surface area contributed by atoms with Crippen molar-refractivity contribution in [1.82, 2.24) is 15.8 Å². The lowest BCUT2D eigenvalue weighted by molar-refractivity contribution is -0.126. The second-order valence-corrected chi connectivity index (χ2v) is 6.91. The van der Waals surface area contributed by atoms with Crippen LogP contribution in [0.5, 0.6) is 0 Å². The molecule has 0 spiro atoms. The average molecular weight is 398 g/mol. The number of hydrogen-bond donors (Lipinski definition) is 2. The van der Waals surface area contributed by atoms with E-state index < -0.39 is 0 Å². The third-order valence-electron chi connectivity index (χ3n) is 4.66. The van der Waals surface area contributed by atoms with Crippen LogP contribution in [0.25, 0.3) is 0 Å². The zero-order chi connectivity index (χ0) is 16.6. The first-order valence-corrected chi connectivity index (χ1v) is 10.1. The van der Waals surface area contributed by atoms with Crippen molar-refractivity contribution >= 4 is 30.7 Å². The predicted octanol–water partition coefficient (Wildman–Crippen LogP) is 4.86. The third-order valence-corrected chi connectivity index (χ3v) is 4.66. The second kappa shape index (κ2) is 20.3. The summed E-state index contributed by atoms with van der Waals surface area (Å²) in [5, 5.41) is 5.33. The predicted molar refractivity (Wildman–Crippen MR) is 113 cm³/mol. The molecule has 1 amide bonds. The molecule has 4 nitrogen and oxygen atoms in total. The smallest absolute Gasteiger partial charge is 0.234 e. The summed E-state index contributed by atoms with van der Waals surface area (Å²) in [6.45, 7) is 6.06. The monoisotopic (exact) mass is 397 g/mol. The summed E-state index contributed by atoms with van der Waals surface area (Å²) in [6, 6.07) is 0. The first-order valence-electron chi connectivity index (χ1n) is 10.1. The minimum Gasteiger partial charge on any atom is -0.314 e. The fourth-order valence-corrected chi connectivity index (χ4v) is 3.14. The number of halogens is 2. The molecule has 0 radical (unpaired) electrons. The Morgan fingerprint density at radius 1 is 0.800 bits per heavy atom. The number of rotatable bonds is 14. The van der Waals surface area contributed by atoms with E-state index in [-0.39, 0.29) is 30.7 Å². The normalized spacial score (nSPS) is 14.4. The van der Waals surface area contributed by atoms with E-state index in [0.717, 1.165) is 32.6 Å². The number of hydrazine groups is 1.